The normalized spacial score (nSPS) is 19.8. The van der Waals surface area contributed by atoms with Crippen LogP contribution < -0.4 is 0 Å². The van der Waals surface area contributed by atoms with E-state index in [1.165, 1.54) is 30.5 Å². The second-order valence-corrected chi connectivity index (χ2v) is 6.91. The van der Waals surface area contributed by atoms with Crippen molar-refractivity contribution in [3.63, 3.8) is 0 Å². The fraction of sp³-hybridized carbons (Fsp3) is 0.474. The van der Waals surface area contributed by atoms with Crippen LogP contribution in [0.15, 0.2) is 30.5 Å². The Hall–Kier alpha value is -2.21. The lowest BCUT2D eigenvalue weighted by Gasteiger charge is -2.36. The third-order valence-electron chi connectivity index (χ3n) is 5.06. The fourth-order valence-corrected chi connectivity index (χ4v) is 3.60. The number of amides is 1. The minimum Gasteiger partial charge on any atom is -0.382 e. The summed E-state index contributed by atoms with van der Waals surface area (Å²) in [5.41, 5.74) is 2.63. The molecule has 1 aromatic carbocycles. The summed E-state index contributed by atoms with van der Waals surface area (Å²) in [4.78, 5) is 14.8. The second-order valence-electron chi connectivity index (χ2n) is 6.91. The molecule has 1 aliphatic heterocycles. The molecular formula is C19H22FN3O2. The van der Waals surface area contributed by atoms with E-state index in [-0.39, 0.29) is 11.9 Å². The Labute approximate surface area is 146 Å². The number of benzene rings is 1. The minimum atomic E-state index is -0.398. The van der Waals surface area contributed by atoms with Crippen LogP contribution in [0.25, 0.3) is 0 Å². The van der Waals surface area contributed by atoms with E-state index >= 15 is 0 Å². The van der Waals surface area contributed by atoms with Gasteiger partial charge in [-0.15, -0.1) is 0 Å². The lowest BCUT2D eigenvalue weighted by atomic mass is 9.98. The smallest absolute Gasteiger partial charge is 0.254 e. The van der Waals surface area contributed by atoms with E-state index < -0.39 is 5.82 Å². The van der Waals surface area contributed by atoms with Crippen molar-refractivity contribution in [2.45, 2.75) is 31.8 Å². The molecule has 4 rings (SSSR count). The number of fused-ring (bicyclic) bond motifs is 1. The van der Waals surface area contributed by atoms with E-state index in [1.807, 2.05) is 10.9 Å². The molecule has 0 saturated heterocycles. The number of hydrogen-bond donors (Lipinski definition) is 0. The van der Waals surface area contributed by atoms with Gasteiger partial charge in [-0.25, -0.2) is 4.39 Å². The van der Waals surface area contributed by atoms with Crippen molar-refractivity contribution in [2.75, 3.05) is 20.3 Å². The number of carbonyl (C=O) groups excluding carboxylic acids is 1. The molecule has 2 heterocycles. The molecular weight excluding hydrogens is 321 g/mol. The first-order valence-corrected chi connectivity index (χ1v) is 8.77. The summed E-state index contributed by atoms with van der Waals surface area (Å²) in [7, 11) is 1.64. The van der Waals surface area contributed by atoms with Gasteiger partial charge in [0.15, 0.2) is 0 Å². The van der Waals surface area contributed by atoms with E-state index in [2.05, 4.69) is 5.10 Å². The molecule has 1 unspecified atom stereocenters. The predicted molar refractivity (Wildman–Crippen MR) is 90.7 cm³/mol. The van der Waals surface area contributed by atoms with Crippen LogP contribution >= 0.6 is 0 Å². The molecule has 132 valence electrons. The van der Waals surface area contributed by atoms with Crippen LogP contribution in [-0.4, -0.2) is 40.8 Å². The van der Waals surface area contributed by atoms with Gasteiger partial charge in [-0.05, 0) is 48.9 Å². The topological polar surface area (TPSA) is 47.4 Å². The summed E-state index contributed by atoms with van der Waals surface area (Å²) < 4.78 is 21.0. The van der Waals surface area contributed by atoms with Gasteiger partial charge in [0.05, 0.1) is 24.5 Å². The van der Waals surface area contributed by atoms with Gasteiger partial charge < -0.3 is 9.64 Å². The molecule has 25 heavy (non-hydrogen) atoms. The molecule has 1 atom stereocenters. The molecule has 2 aliphatic rings. The Morgan fingerprint density at radius 2 is 2.24 bits per heavy atom. The van der Waals surface area contributed by atoms with Crippen molar-refractivity contribution in [3.8, 4) is 0 Å². The number of rotatable bonds is 5. The molecule has 1 saturated carbocycles. The molecule has 2 aromatic rings. The molecule has 1 aliphatic carbocycles. The van der Waals surface area contributed by atoms with Gasteiger partial charge in [0.2, 0.25) is 0 Å². The summed E-state index contributed by atoms with van der Waals surface area (Å²) in [6, 6.07) is 5.68. The van der Waals surface area contributed by atoms with Crippen molar-refractivity contribution >= 4 is 5.91 Å². The largest absolute Gasteiger partial charge is 0.382 e. The monoisotopic (exact) mass is 343 g/mol. The van der Waals surface area contributed by atoms with Gasteiger partial charge in [-0.2, -0.15) is 5.10 Å². The SMILES string of the molecule is COCC1c2c(cnn2CC2CC2)CCN1C(=O)c1cccc(F)c1. The van der Waals surface area contributed by atoms with Crippen LogP contribution in [-0.2, 0) is 17.7 Å². The van der Waals surface area contributed by atoms with Crippen LogP contribution in [0.5, 0.6) is 0 Å². The number of nitrogens with zero attached hydrogens (tertiary/aromatic N) is 3. The first-order valence-electron chi connectivity index (χ1n) is 8.77. The highest BCUT2D eigenvalue weighted by atomic mass is 19.1. The number of methoxy groups -OCH3 is 1. The molecule has 0 spiro atoms. The first-order chi connectivity index (χ1) is 12.2. The highest BCUT2D eigenvalue weighted by Gasteiger charge is 2.35. The molecule has 1 aromatic heterocycles. The number of carbonyl (C=O) groups is 1. The number of halogens is 1. The number of ether oxygens (including phenoxy) is 1. The zero-order chi connectivity index (χ0) is 17.4. The lowest BCUT2D eigenvalue weighted by Crippen LogP contribution is -2.42. The van der Waals surface area contributed by atoms with Crippen LogP contribution in [0.3, 0.4) is 0 Å². The standard InChI is InChI=1S/C19H22FN3O2/c1-25-12-17-18-15(10-21-23(18)11-13-5-6-13)7-8-22(17)19(24)14-3-2-4-16(20)9-14/h2-4,9-10,13,17H,5-8,11-12H2,1H3. The molecule has 5 nitrogen and oxygen atoms in total. The van der Waals surface area contributed by atoms with Gasteiger partial charge >= 0.3 is 0 Å². The molecule has 6 heteroatoms. The Bertz CT molecular complexity index is 785. The van der Waals surface area contributed by atoms with Gasteiger partial charge in [0, 0.05) is 25.8 Å². The fourth-order valence-electron chi connectivity index (χ4n) is 3.60. The molecule has 0 radical (unpaired) electrons. The maximum Gasteiger partial charge on any atom is 0.254 e. The summed E-state index contributed by atoms with van der Waals surface area (Å²) in [5.74, 6) is 0.137. The molecule has 0 bridgehead atoms. The quantitative estimate of drug-likeness (QED) is 0.839. The third-order valence-corrected chi connectivity index (χ3v) is 5.06. The average molecular weight is 343 g/mol. The van der Waals surface area contributed by atoms with Crippen molar-refractivity contribution in [1.29, 1.82) is 0 Å². The van der Waals surface area contributed by atoms with Gasteiger partial charge in [0.25, 0.3) is 5.91 Å². The second kappa shape index (κ2) is 6.59. The van der Waals surface area contributed by atoms with E-state index in [4.69, 9.17) is 4.74 Å². The van der Waals surface area contributed by atoms with E-state index in [1.54, 1.807) is 24.1 Å². The molecule has 0 N–H and O–H groups in total. The Morgan fingerprint density at radius 1 is 1.40 bits per heavy atom. The highest BCUT2D eigenvalue weighted by molar-refractivity contribution is 5.94. The maximum absolute atomic E-state index is 13.5. The maximum atomic E-state index is 13.5. The van der Waals surface area contributed by atoms with E-state index in [0.29, 0.717) is 24.6 Å². The van der Waals surface area contributed by atoms with Crippen LogP contribution in [0.2, 0.25) is 0 Å². The lowest BCUT2D eigenvalue weighted by molar-refractivity contribution is 0.0481. The van der Waals surface area contributed by atoms with Gasteiger partial charge in [0.1, 0.15) is 5.82 Å². The van der Waals surface area contributed by atoms with E-state index in [0.717, 1.165) is 18.7 Å². The summed E-state index contributed by atoms with van der Waals surface area (Å²) in [6.07, 6.45) is 5.18. The summed E-state index contributed by atoms with van der Waals surface area (Å²) in [5, 5.41) is 4.55. The van der Waals surface area contributed by atoms with Crippen LogP contribution in [0, 0.1) is 11.7 Å². The molecule has 1 amide bonds. The minimum absolute atomic E-state index is 0.161. The van der Waals surface area contributed by atoms with Crippen molar-refractivity contribution in [2.24, 2.45) is 5.92 Å². The van der Waals surface area contributed by atoms with Crippen molar-refractivity contribution < 1.29 is 13.9 Å². The van der Waals surface area contributed by atoms with Gasteiger partial charge in [-0.3, -0.25) is 9.48 Å². The Morgan fingerprint density at radius 3 is 2.96 bits per heavy atom. The number of hydrogen-bond acceptors (Lipinski definition) is 3. The number of aromatic nitrogens is 2. The van der Waals surface area contributed by atoms with Gasteiger partial charge in [-0.1, -0.05) is 6.07 Å². The van der Waals surface area contributed by atoms with Crippen LogP contribution in [0.4, 0.5) is 4.39 Å². The van der Waals surface area contributed by atoms with Crippen molar-refractivity contribution in [1.82, 2.24) is 14.7 Å². The predicted octanol–water partition coefficient (Wildman–Crippen LogP) is 2.82. The highest BCUT2D eigenvalue weighted by Crippen LogP contribution is 2.35. The Balaban J connectivity index is 1.66. The summed E-state index contributed by atoms with van der Waals surface area (Å²) >= 11 is 0. The van der Waals surface area contributed by atoms with Crippen LogP contribution in [0.1, 0.15) is 40.5 Å². The third kappa shape index (κ3) is 3.18. The average Bonchev–Trinajstić information content (AvgIpc) is 3.33. The Kier molecular flexibility index (Phi) is 4.29. The summed E-state index contributed by atoms with van der Waals surface area (Å²) in [6.45, 7) is 1.90. The van der Waals surface area contributed by atoms with Crippen molar-refractivity contribution in [3.05, 3.63) is 53.1 Å². The first kappa shape index (κ1) is 16.3. The zero-order valence-electron chi connectivity index (χ0n) is 14.3. The van der Waals surface area contributed by atoms with E-state index in [9.17, 15) is 9.18 Å². The zero-order valence-corrected chi connectivity index (χ0v) is 14.3. The molecule has 1 fully saturated rings.